The highest BCUT2D eigenvalue weighted by molar-refractivity contribution is 6.35. The van der Waals surface area contributed by atoms with Crippen molar-refractivity contribution < 1.29 is 10.0 Å². The Kier molecular flexibility index (Phi) is 7.80. The van der Waals surface area contributed by atoms with Gasteiger partial charge in [-0.05, 0) is 43.9 Å². The molecule has 1 aromatic carbocycles. The zero-order valence-corrected chi connectivity index (χ0v) is 15.7. The number of pyridine rings is 1. The van der Waals surface area contributed by atoms with Gasteiger partial charge in [0.05, 0.1) is 23.7 Å². The Morgan fingerprint density at radius 2 is 1.75 bits per heavy atom. The Labute approximate surface area is 150 Å². The zero-order valence-electron chi connectivity index (χ0n) is 14.9. The highest BCUT2D eigenvalue weighted by Crippen LogP contribution is 2.32. The van der Waals surface area contributed by atoms with E-state index in [9.17, 15) is 5.11 Å². The van der Waals surface area contributed by atoms with Crippen LogP contribution in [0, 0.1) is 0 Å². The Bertz CT molecular complexity index is 635. The quantitative estimate of drug-likeness (QED) is 0.625. The van der Waals surface area contributed by atoms with Gasteiger partial charge in [-0.3, -0.25) is 4.98 Å². The van der Waals surface area contributed by atoms with Gasteiger partial charge in [-0.2, -0.15) is 0 Å². The van der Waals surface area contributed by atoms with E-state index >= 15 is 0 Å². The minimum atomic E-state index is 0.290. The van der Waals surface area contributed by atoms with Crippen LogP contribution in [0.1, 0.15) is 57.9 Å². The molecule has 0 aliphatic rings. The van der Waals surface area contributed by atoms with Gasteiger partial charge < -0.3 is 10.0 Å². The predicted octanol–water partition coefficient (Wildman–Crippen LogP) is 4.36. The average Bonchev–Trinajstić information content (AvgIpc) is 2.59. The predicted molar refractivity (Wildman–Crippen MR) is 102 cm³/mol. The topological polar surface area (TPSA) is 37.6 Å². The summed E-state index contributed by atoms with van der Waals surface area (Å²) in [7, 11) is 0. The van der Waals surface area contributed by atoms with Crippen molar-refractivity contribution >= 4 is 22.5 Å². The number of phenolic OH excluding ortho intramolecular Hbond substituents is 1. The number of quaternary nitrogens is 1. The Morgan fingerprint density at radius 1 is 1.08 bits per heavy atom. The second-order valence-electron chi connectivity index (χ2n) is 6.61. The van der Waals surface area contributed by atoms with Gasteiger partial charge in [0.15, 0.2) is 5.75 Å². The highest BCUT2D eigenvalue weighted by atomic mass is 35.5. The smallest absolute Gasteiger partial charge is 0.150 e. The number of benzene rings is 1. The molecule has 0 radical (unpaired) electrons. The number of rotatable bonds is 10. The molecule has 24 heavy (non-hydrogen) atoms. The average molecular weight is 350 g/mol. The van der Waals surface area contributed by atoms with E-state index in [1.807, 2.05) is 18.2 Å². The molecule has 1 heterocycles. The number of phenols is 1. The van der Waals surface area contributed by atoms with Crippen molar-refractivity contribution in [3.8, 4) is 5.75 Å². The first-order valence-corrected chi connectivity index (χ1v) is 9.63. The molecule has 132 valence electrons. The summed E-state index contributed by atoms with van der Waals surface area (Å²) in [4.78, 5) is 5.84. The van der Waals surface area contributed by atoms with Gasteiger partial charge in [-0.1, -0.05) is 38.3 Å². The second kappa shape index (κ2) is 9.85. The number of halogens is 1. The van der Waals surface area contributed by atoms with Gasteiger partial charge in [-0.15, -0.1) is 0 Å². The fraction of sp³-hybridized carbons (Fsp3) is 0.550. The number of hydrogen-bond donors (Lipinski definition) is 2. The lowest BCUT2D eigenvalue weighted by molar-refractivity contribution is -0.914. The van der Waals surface area contributed by atoms with Crippen molar-refractivity contribution in [3.05, 3.63) is 35.0 Å². The molecule has 0 amide bonds. The first-order chi connectivity index (χ1) is 11.7. The fourth-order valence-corrected chi connectivity index (χ4v) is 3.48. The molecular weight excluding hydrogens is 320 g/mol. The van der Waals surface area contributed by atoms with Crippen LogP contribution >= 0.6 is 11.6 Å². The SMILES string of the molecule is CCCCC[NH+](CCCCC)Cc1cc(Cl)c2cccnc2c1O. The Hall–Kier alpha value is -1.32. The molecule has 0 bridgehead atoms. The monoisotopic (exact) mass is 349 g/mol. The largest absolute Gasteiger partial charge is 0.505 e. The van der Waals surface area contributed by atoms with Crippen molar-refractivity contribution in [1.82, 2.24) is 4.98 Å². The molecule has 0 spiro atoms. The van der Waals surface area contributed by atoms with Gasteiger partial charge >= 0.3 is 0 Å². The van der Waals surface area contributed by atoms with Gasteiger partial charge in [0.25, 0.3) is 0 Å². The fourth-order valence-electron chi connectivity index (χ4n) is 3.19. The molecule has 0 saturated heterocycles. The van der Waals surface area contributed by atoms with Crippen molar-refractivity contribution in [2.45, 2.75) is 58.9 Å². The van der Waals surface area contributed by atoms with E-state index in [0.29, 0.717) is 16.3 Å². The van der Waals surface area contributed by atoms with Crippen LogP contribution in [0.4, 0.5) is 0 Å². The van der Waals surface area contributed by atoms with Crippen LogP contribution in [0.2, 0.25) is 5.02 Å². The minimum Gasteiger partial charge on any atom is -0.505 e. The lowest BCUT2D eigenvalue weighted by Crippen LogP contribution is -3.10. The molecule has 0 saturated carbocycles. The maximum atomic E-state index is 10.6. The number of aromatic hydroxyl groups is 1. The zero-order chi connectivity index (χ0) is 17.4. The molecule has 0 unspecified atom stereocenters. The van der Waals surface area contributed by atoms with Crippen LogP contribution in [-0.4, -0.2) is 23.2 Å². The molecule has 0 fully saturated rings. The maximum Gasteiger partial charge on any atom is 0.150 e. The minimum absolute atomic E-state index is 0.290. The molecule has 0 aliphatic heterocycles. The third-order valence-electron chi connectivity index (χ3n) is 4.60. The summed E-state index contributed by atoms with van der Waals surface area (Å²) in [5.41, 5.74) is 1.52. The van der Waals surface area contributed by atoms with Crippen LogP contribution in [-0.2, 0) is 6.54 Å². The standard InChI is InChI=1S/C20H29ClN2O/c1-3-5-7-12-23(13-8-6-4-2)15-16-14-18(21)17-10-9-11-22-19(17)20(16)24/h9-11,14,24H,3-8,12-13,15H2,1-2H3/p+1. The first kappa shape index (κ1) is 19.0. The molecule has 2 rings (SSSR count). The van der Waals surface area contributed by atoms with Gasteiger partial charge in [0.2, 0.25) is 0 Å². The number of aromatic nitrogens is 1. The summed E-state index contributed by atoms with van der Waals surface area (Å²) in [6.07, 6.45) is 9.18. The number of nitrogens with zero attached hydrogens (tertiary/aromatic N) is 1. The van der Waals surface area contributed by atoms with Crippen molar-refractivity contribution in [3.63, 3.8) is 0 Å². The molecule has 4 heteroatoms. The van der Waals surface area contributed by atoms with Crippen LogP contribution < -0.4 is 4.90 Å². The summed E-state index contributed by atoms with van der Waals surface area (Å²) >= 11 is 6.41. The number of nitrogens with one attached hydrogen (secondary N) is 1. The molecule has 2 aromatic rings. The van der Waals surface area contributed by atoms with Crippen molar-refractivity contribution in [2.75, 3.05) is 13.1 Å². The van der Waals surface area contributed by atoms with Crippen LogP contribution in [0.3, 0.4) is 0 Å². The highest BCUT2D eigenvalue weighted by Gasteiger charge is 2.16. The first-order valence-electron chi connectivity index (χ1n) is 9.26. The maximum absolute atomic E-state index is 10.6. The number of unbranched alkanes of at least 4 members (excludes halogenated alkanes) is 4. The van der Waals surface area contributed by atoms with E-state index in [1.54, 1.807) is 6.20 Å². The number of fused-ring (bicyclic) bond motifs is 1. The molecule has 3 nitrogen and oxygen atoms in total. The summed E-state index contributed by atoms with van der Waals surface area (Å²) in [6.45, 7) is 7.57. The van der Waals surface area contributed by atoms with E-state index in [0.717, 1.165) is 30.6 Å². The molecule has 0 atom stereocenters. The lowest BCUT2D eigenvalue weighted by atomic mass is 10.1. The Morgan fingerprint density at radius 3 is 2.38 bits per heavy atom. The van der Waals surface area contributed by atoms with E-state index in [2.05, 4.69) is 18.8 Å². The van der Waals surface area contributed by atoms with E-state index in [1.165, 1.54) is 43.4 Å². The third-order valence-corrected chi connectivity index (χ3v) is 4.92. The summed E-state index contributed by atoms with van der Waals surface area (Å²) in [6, 6.07) is 5.67. The second-order valence-corrected chi connectivity index (χ2v) is 7.01. The summed E-state index contributed by atoms with van der Waals surface area (Å²) in [5.74, 6) is 0.290. The van der Waals surface area contributed by atoms with E-state index in [4.69, 9.17) is 11.6 Å². The summed E-state index contributed by atoms with van der Waals surface area (Å²) in [5, 5.41) is 12.1. The molecular formula is C20H30ClN2O+. The normalized spacial score (nSPS) is 11.5. The number of hydrogen-bond acceptors (Lipinski definition) is 2. The van der Waals surface area contributed by atoms with Gasteiger partial charge in [0, 0.05) is 11.6 Å². The lowest BCUT2D eigenvalue weighted by Gasteiger charge is -2.20. The van der Waals surface area contributed by atoms with E-state index < -0.39 is 0 Å². The van der Waals surface area contributed by atoms with Gasteiger partial charge in [0.1, 0.15) is 12.1 Å². The summed E-state index contributed by atoms with van der Waals surface area (Å²) < 4.78 is 0. The third kappa shape index (κ3) is 5.09. The Balaban J connectivity index is 2.17. The molecule has 0 aliphatic carbocycles. The van der Waals surface area contributed by atoms with Crippen LogP contribution in [0.5, 0.6) is 5.75 Å². The van der Waals surface area contributed by atoms with Crippen molar-refractivity contribution in [1.29, 1.82) is 0 Å². The molecule has 1 aromatic heterocycles. The van der Waals surface area contributed by atoms with Crippen molar-refractivity contribution in [2.24, 2.45) is 0 Å². The van der Waals surface area contributed by atoms with Crippen LogP contribution in [0.15, 0.2) is 24.4 Å². The van der Waals surface area contributed by atoms with Crippen LogP contribution in [0.25, 0.3) is 10.9 Å². The van der Waals surface area contributed by atoms with Gasteiger partial charge in [-0.25, -0.2) is 0 Å². The molecule has 2 N–H and O–H groups in total. The van der Waals surface area contributed by atoms with E-state index in [-0.39, 0.29) is 0 Å².